The topological polar surface area (TPSA) is 49.4 Å². The zero-order valence-electron chi connectivity index (χ0n) is 13.1. The standard InChI is InChI=1S/C16H26N2O2/c1-7-9-12(8-2)18-14(11(5)6)15(19)17-13(10(3)4)16(18)20/h1,10-14H,8-9H2,2-6H3,(H,17,19). The maximum Gasteiger partial charge on any atom is 0.246 e. The Morgan fingerprint density at radius 3 is 2.25 bits per heavy atom. The van der Waals surface area contributed by atoms with Crippen molar-refractivity contribution >= 4 is 11.8 Å². The second kappa shape index (κ2) is 6.78. The number of carbonyl (C=O) groups excluding carboxylic acids is 2. The number of rotatable bonds is 5. The van der Waals surface area contributed by atoms with Crippen molar-refractivity contribution in [1.82, 2.24) is 10.2 Å². The van der Waals surface area contributed by atoms with Gasteiger partial charge in [0.2, 0.25) is 11.8 Å². The average Bonchev–Trinajstić information content (AvgIpc) is 2.37. The summed E-state index contributed by atoms with van der Waals surface area (Å²) < 4.78 is 0. The Hall–Kier alpha value is -1.50. The summed E-state index contributed by atoms with van der Waals surface area (Å²) in [5.41, 5.74) is 0. The number of carbonyl (C=O) groups is 2. The largest absolute Gasteiger partial charge is 0.342 e. The van der Waals surface area contributed by atoms with Crippen LogP contribution in [0.25, 0.3) is 0 Å². The summed E-state index contributed by atoms with van der Waals surface area (Å²) in [6, 6.07) is -0.924. The lowest BCUT2D eigenvalue weighted by Gasteiger charge is -2.45. The molecular weight excluding hydrogens is 252 g/mol. The van der Waals surface area contributed by atoms with Crippen molar-refractivity contribution in [2.24, 2.45) is 11.8 Å². The molecule has 0 bridgehead atoms. The third-order valence-corrected chi connectivity index (χ3v) is 3.90. The van der Waals surface area contributed by atoms with Crippen molar-refractivity contribution in [3.63, 3.8) is 0 Å². The molecule has 0 aromatic rings. The molecule has 3 unspecified atom stereocenters. The van der Waals surface area contributed by atoms with Gasteiger partial charge in [-0.15, -0.1) is 12.3 Å². The molecule has 0 radical (unpaired) electrons. The number of nitrogens with zero attached hydrogens (tertiary/aromatic N) is 1. The predicted octanol–water partition coefficient (Wildman–Crippen LogP) is 1.80. The maximum atomic E-state index is 12.7. The number of hydrogen-bond donors (Lipinski definition) is 1. The molecule has 1 rings (SSSR count). The second-order valence-corrected chi connectivity index (χ2v) is 6.13. The van der Waals surface area contributed by atoms with Gasteiger partial charge in [0.25, 0.3) is 0 Å². The summed E-state index contributed by atoms with van der Waals surface area (Å²) >= 11 is 0. The number of nitrogens with one attached hydrogen (secondary N) is 1. The van der Waals surface area contributed by atoms with Crippen LogP contribution in [0.4, 0.5) is 0 Å². The molecule has 1 heterocycles. The first-order valence-corrected chi connectivity index (χ1v) is 7.41. The van der Waals surface area contributed by atoms with Crippen LogP contribution in [-0.4, -0.2) is 34.8 Å². The summed E-state index contributed by atoms with van der Waals surface area (Å²) in [4.78, 5) is 26.9. The van der Waals surface area contributed by atoms with E-state index < -0.39 is 12.1 Å². The fourth-order valence-corrected chi connectivity index (χ4v) is 2.78. The quantitative estimate of drug-likeness (QED) is 0.780. The van der Waals surface area contributed by atoms with Crippen LogP contribution in [-0.2, 0) is 9.59 Å². The predicted molar refractivity (Wildman–Crippen MR) is 79.8 cm³/mol. The van der Waals surface area contributed by atoms with Gasteiger partial charge in [-0.05, 0) is 18.3 Å². The van der Waals surface area contributed by atoms with E-state index in [9.17, 15) is 9.59 Å². The van der Waals surface area contributed by atoms with E-state index in [0.717, 1.165) is 6.42 Å². The van der Waals surface area contributed by atoms with Gasteiger partial charge >= 0.3 is 0 Å². The van der Waals surface area contributed by atoms with E-state index in [-0.39, 0.29) is 29.7 Å². The SMILES string of the molecule is C#CCC(CC)N1C(=O)C(C(C)C)NC(=O)C1C(C)C. The third-order valence-electron chi connectivity index (χ3n) is 3.90. The third kappa shape index (κ3) is 3.15. The molecule has 1 aliphatic heterocycles. The van der Waals surface area contributed by atoms with Crippen molar-refractivity contribution < 1.29 is 9.59 Å². The molecule has 0 saturated carbocycles. The zero-order chi connectivity index (χ0) is 15.4. The van der Waals surface area contributed by atoms with Gasteiger partial charge in [0.05, 0.1) is 0 Å². The number of piperazine rings is 1. The Kier molecular flexibility index (Phi) is 5.62. The first-order valence-electron chi connectivity index (χ1n) is 7.41. The summed E-state index contributed by atoms with van der Waals surface area (Å²) in [5.74, 6) is 2.71. The summed E-state index contributed by atoms with van der Waals surface area (Å²) in [6.45, 7) is 9.81. The molecule has 4 nitrogen and oxygen atoms in total. The fourth-order valence-electron chi connectivity index (χ4n) is 2.78. The Morgan fingerprint density at radius 1 is 1.25 bits per heavy atom. The minimum atomic E-state index is -0.440. The lowest BCUT2D eigenvalue weighted by atomic mass is 9.90. The van der Waals surface area contributed by atoms with Gasteiger partial charge in [0.15, 0.2) is 0 Å². The van der Waals surface area contributed by atoms with Crippen LogP contribution in [0.15, 0.2) is 0 Å². The maximum absolute atomic E-state index is 12.7. The van der Waals surface area contributed by atoms with Crippen molar-refractivity contribution in [1.29, 1.82) is 0 Å². The minimum Gasteiger partial charge on any atom is -0.342 e. The van der Waals surface area contributed by atoms with Gasteiger partial charge in [0.1, 0.15) is 12.1 Å². The molecule has 1 N–H and O–H groups in total. The minimum absolute atomic E-state index is 0.000370. The van der Waals surface area contributed by atoms with Crippen molar-refractivity contribution in [2.45, 2.75) is 65.6 Å². The molecule has 1 saturated heterocycles. The first kappa shape index (κ1) is 16.6. The molecule has 1 fully saturated rings. The summed E-state index contributed by atoms with van der Waals surface area (Å²) in [7, 11) is 0. The van der Waals surface area contributed by atoms with Crippen molar-refractivity contribution in [2.75, 3.05) is 0 Å². The van der Waals surface area contributed by atoms with Crippen molar-refractivity contribution in [3.05, 3.63) is 0 Å². The van der Waals surface area contributed by atoms with Gasteiger partial charge in [-0.1, -0.05) is 34.6 Å². The van der Waals surface area contributed by atoms with Crippen LogP contribution in [0.3, 0.4) is 0 Å². The summed E-state index contributed by atoms with van der Waals surface area (Å²) in [6.07, 6.45) is 6.67. The molecular formula is C16H26N2O2. The van der Waals surface area contributed by atoms with Crippen molar-refractivity contribution in [3.8, 4) is 12.3 Å². The highest BCUT2D eigenvalue weighted by Crippen LogP contribution is 2.25. The molecule has 2 amide bonds. The molecule has 4 heteroatoms. The van der Waals surface area contributed by atoms with E-state index >= 15 is 0 Å². The highest BCUT2D eigenvalue weighted by atomic mass is 16.2. The smallest absolute Gasteiger partial charge is 0.246 e. The highest BCUT2D eigenvalue weighted by molar-refractivity contribution is 5.97. The van der Waals surface area contributed by atoms with Gasteiger partial charge < -0.3 is 10.2 Å². The average molecular weight is 278 g/mol. The van der Waals surface area contributed by atoms with Crippen LogP contribution in [0.2, 0.25) is 0 Å². The van der Waals surface area contributed by atoms with Crippen LogP contribution < -0.4 is 5.32 Å². The molecule has 20 heavy (non-hydrogen) atoms. The van der Waals surface area contributed by atoms with Crippen LogP contribution in [0.1, 0.15) is 47.5 Å². The summed E-state index contributed by atoms with van der Waals surface area (Å²) in [5, 5.41) is 2.87. The Labute approximate surface area is 122 Å². The van der Waals surface area contributed by atoms with Crippen LogP contribution >= 0.6 is 0 Å². The number of terminal acetylenes is 1. The Bertz CT molecular complexity index is 409. The van der Waals surface area contributed by atoms with E-state index in [1.165, 1.54) is 0 Å². The van der Waals surface area contributed by atoms with Crippen LogP contribution in [0.5, 0.6) is 0 Å². The first-order chi connectivity index (χ1) is 9.34. The molecule has 3 atom stereocenters. The molecule has 0 spiro atoms. The van der Waals surface area contributed by atoms with Gasteiger partial charge in [-0.3, -0.25) is 9.59 Å². The van der Waals surface area contributed by atoms with E-state index in [0.29, 0.717) is 6.42 Å². The van der Waals surface area contributed by atoms with Crippen LogP contribution in [0, 0.1) is 24.2 Å². The second-order valence-electron chi connectivity index (χ2n) is 6.13. The van der Waals surface area contributed by atoms with Gasteiger partial charge in [-0.25, -0.2) is 0 Å². The normalized spacial score (nSPS) is 24.8. The molecule has 112 valence electrons. The number of amides is 2. The lowest BCUT2D eigenvalue weighted by Crippen LogP contribution is -2.68. The number of hydrogen-bond acceptors (Lipinski definition) is 2. The molecule has 1 aliphatic rings. The van der Waals surface area contributed by atoms with E-state index in [1.54, 1.807) is 4.90 Å². The Morgan fingerprint density at radius 2 is 1.85 bits per heavy atom. The lowest BCUT2D eigenvalue weighted by molar-refractivity contribution is -0.155. The van der Waals surface area contributed by atoms with Gasteiger partial charge in [0, 0.05) is 12.5 Å². The monoisotopic (exact) mass is 278 g/mol. The van der Waals surface area contributed by atoms with E-state index in [1.807, 2.05) is 34.6 Å². The fraction of sp³-hybridized carbons (Fsp3) is 0.750. The molecule has 0 aromatic heterocycles. The zero-order valence-corrected chi connectivity index (χ0v) is 13.1. The van der Waals surface area contributed by atoms with E-state index in [4.69, 9.17) is 6.42 Å². The Balaban J connectivity index is 3.17. The molecule has 0 aliphatic carbocycles. The highest BCUT2D eigenvalue weighted by Gasteiger charge is 2.45. The van der Waals surface area contributed by atoms with Gasteiger partial charge in [-0.2, -0.15) is 0 Å². The molecule has 0 aromatic carbocycles. The van der Waals surface area contributed by atoms with E-state index in [2.05, 4.69) is 11.2 Å².